The van der Waals surface area contributed by atoms with Gasteiger partial charge in [-0.25, -0.2) is 4.68 Å². The number of hydrogen-bond acceptors (Lipinski definition) is 3. The summed E-state index contributed by atoms with van der Waals surface area (Å²) in [6, 6.07) is 0. The smallest absolute Gasteiger partial charge is 0.100 e. The first-order chi connectivity index (χ1) is 7.25. The Morgan fingerprint density at radius 1 is 1.67 bits per heavy atom. The summed E-state index contributed by atoms with van der Waals surface area (Å²) in [5, 5.41) is 7.96. The van der Waals surface area contributed by atoms with Crippen molar-refractivity contribution in [1.82, 2.24) is 15.0 Å². The van der Waals surface area contributed by atoms with Crippen LogP contribution in [0.5, 0.6) is 0 Å². The van der Waals surface area contributed by atoms with E-state index in [1.807, 2.05) is 17.8 Å². The van der Waals surface area contributed by atoms with Crippen LogP contribution < -0.4 is 0 Å². The third kappa shape index (κ3) is 2.92. The molecule has 0 N–H and O–H groups in total. The van der Waals surface area contributed by atoms with Crippen molar-refractivity contribution in [2.75, 3.05) is 6.61 Å². The van der Waals surface area contributed by atoms with Crippen molar-refractivity contribution in [2.45, 2.75) is 44.2 Å². The molecule has 5 heteroatoms. The Balaban J connectivity index is 1.91. The summed E-state index contributed by atoms with van der Waals surface area (Å²) in [4.78, 5) is 0. The van der Waals surface area contributed by atoms with Crippen LogP contribution in [0.3, 0.4) is 0 Å². The summed E-state index contributed by atoms with van der Waals surface area (Å²) in [6.45, 7) is 3.56. The molecule has 1 fully saturated rings. The molecule has 2 heterocycles. The van der Waals surface area contributed by atoms with E-state index < -0.39 is 0 Å². The van der Waals surface area contributed by atoms with E-state index in [0.29, 0.717) is 6.10 Å². The van der Waals surface area contributed by atoms with Gasteiger partial charge in [0.2, 0.25) is 0 Å². The minimum atomic E-state index is -0.0778. The van der Waals surface area contributed by atoms with E-state index in [4.69, 9.17) is 16.3 Å². The Hall–Kier alpha value is -0.610. The molecule has 0 bridgehead atoms. The summed E-state index contributed by atoms with van der Waals surface area (Å²) in [6.07, 6.45) is 5.73. The van der Waals surface area contributed by atoms with Gasteiger partial charge >= 0.3 is 0 Å². The molecule has 0 amide bonds. The summed E-state index contributed by atoms with van der Waals surface area (Å²) < 4.78 is 7.45. The molecule has 1 aromatic rings. The zero-order valence-electron chi connectivity index (χ0n) is 8.90. The predicted molar refractivity (Wildman–Crippen MR) is 57.9 cm³/mol. The summed E-state index contributed by atoms with van der Waals surface area (Å²) in [7, 11) is 0. The van der Waals surface area contributed by atoms with Crippen LogP contribution in [-0.2, 0) is 11.3 Å². The molecule has 1 saturated heterocycles. The van der Waals surface area contributed by atoms with Crippen LogP contribution in [0.2, 0.25) is 0 Å². The van der Waals surface area contributed by atoms with Crippen molar-refractivity contribution in [1.29, 1.82) is 0 Å². The van der Waals surface area contributed by atoms with Gasteiger partial charge in [0.25, 0.3) is 0 Å². The normalized spacial score (nSPS) is 24.0. The minimum absolute atomic E-state index is 0.0778. The molecule has 15 heavy (non-hydrogen) atoms. The summed E-state index contributed by atoms with van der Waals surface area (Å²) >= 11 is 5.91. The fraction of sp³-hybridized carbons (Fsp3) is 0.800. The van der Waals surface area contributed by atoms with Crippen LogP contribution in [0.1, 0.15) is 37.3 Å². The average Bonchev–Trinajstić information content (AvgIpc) is 2.68. The largest absolute Gasteiger partial charge is 0.376 e. The SMILES string of the molecule is CC(Cl)c1cn(CC2CCCCO2)nn1. The Labute approximate surface area is 94.6 Å². The quantitative estimate of drug-likeness (QED) is 0.746. The van der Waals surface area contributed by atoms with E-state index in [2.05, 4.69) is 10.3 Å². The van der Waals surface area contributed by atoms with E-state index in [-0.39, 0.29) is 5.38 Å². The predicted octanol–water partition coefficient (Wildman–Crippen LogP) is 2.15. The highest BCUT2D eigenvalue weighted by molar-refractivity contribution is 6.20. The van der Waals surface area contributed by atoms with E-state index in [0.717, 1.165) is 25.3 Å². The van der Waals surface area contributed by atoms with Gasteiger partial charge < -0.3 is 4.74 Å². The van der Waals surface area contributed by atoms with Gasteiger partial charge in [-0.05, 0) is 26.2 Å². The molecule has 0 spiro atoms. The number of halogens is 1. The number of hydrogen-bond donors (Lipinski definition) is 0. The fourth-order valence-corrected chi connectivity index (χ4v) is 1.84. The second-order valence-corrected chi connectivity index (χ2v) is 4.62. The molecule has 2 atom stereocenters. The maximum Gasteiger partial charge on any atom is 0.100 e. The number of nitrogens with zero attached hydrogens (tertiary/aromatic N) is 3. The Kier molecular flexibility index (Phi) is 3.59. The van der Waals surface area contributed by atoms with Crippen molar-refractivity contribution in [3.63, 3.8) is 0 Å². The molecule has 2 rings (SSSR count). The molecule has 1 aliphatic heterocycles. The fourth-order valence-electron chi connectivity index (χ4n) is 1.74. The Bertz CT molecular complexity index is 307. The van der Waals surface area contributed by atoms with Crippen molar-refractivity contribution < 1.29 is 4.74 Å². The van der Waals surface area contributed by atoms with Crippen LogP contribution in [0.4, 0.5) is 0 Å². The topological polar surface area (TPSA) is 39.9 Å². The first kappa shape index (κ1) is 10.9. The number of rotatable bonds is 3. The van der Waals surface area contributed by atoms with Gasteiger partial charge in [0.15, 0.2) is 0 Å². The highest BCUT2D eigenvalue weighted by Crippen LogP contribution is 2.17. The Morgan fingerprint density at radius 2 is 2.53 bits per heavy atom. The standard InChI is InChI=1S/C10H16ClN3O/c1-8(11)10-7-14(13-12-10)6-9-4-2-3-5-15-9/h7-9H,2-6H2,1H3. The van der Waals surface area contributed by atoms with E-state index in [9.17, 15) is 0 Å². The molecule has 0 radical (unpaired) electrons. The molecular formula is C10H16ClN3O. The van der Waals surface area contributed by atoms with Crippen molar-refractivity contribution in [3.05, 3.63) is 11.9 Å². The van der Waals surface area contributed by atoms with Gasteiger partial charge in [-0.3, -0.25) is 0 Å². The molecule has 84 valence electrons. The molecule has 1 aromatic heterocycles. The van der Waals surface area contributed by atoms with Gasteiger partial charge in [0, 0.05) is 6.61 Å². The lowest BCUT2D eigenvalue weighted by molar-refractivity contribution is 0.00370. The zero-order chi connectivity index (χ0) is 10.7. The molecular weight excluding hydrogens is 214 g/mol. The lowest BCUT2D eigenvalue weighted by atomic mass is 10.1. The van der Waals surface area contributed by atoms with E-state index >= 15 is 0 Å². The molecule has 0 saturated carbocycles. The molecule has 2 unspecified atom stereocenters. The molecule has 1 aliphatic rings. The van der Waals surface area contributed by atoms with Gasteiger partial charge in [-0.1, -0.05) is 5.21 Å². The first-order valence-electron chi connectivity index (χ1n) is 5.41. The molecule has 0 aliphatic carbocycles. The van der Waals surface area contributed by atoms with Crippen LogP contribution in [0, 0.1) is 0 Å². The van der Waals surface area contributed by atoms with Gasteiger partial charge in [-0.2, -0.15) is 0 Å². The van der Waals surface area contributed by atoms with E-state index in [1.54, 1.807) is 0 Å². The zero-order valence-corrected chi connectivity index (χ0v) is 9.65. The Morgan fingerprint density at radius 3 is 3.13 bits per heavy atom. The third-order valence-corrected chi connectivity index (χ3v) is 2.85. The monoisotopic (exact) mass is 229 g/mol. The van der Waals surface area contributed by atoms with Crippen LogP contribution in [-0.4, -0.2) is 27.7 Å². The lowest BCUT2D eigenvalue weighted by Crippen LogP contribution is -2.24. The second-order valence-electron chi connectivity index (χ2n) is 3.97. The van der Waals surface area contributed by atoms with Crippen molar-refractivity contribution >= 4 is 11.6 Å². The maximum atomic E-state index is 5.91. The summed E-state index contributed by atoms with van der Waals surface area (Å²) in [5.41, 5.74) is 0.826. The van der Waals surface area contributed by atoms with Crippen molar-refractivity contribution in [2.24, 2.45) is 0 Å². The average molecular weight is 230 g/mol. The number of ether oxygens (including phenoxy) is 1. The number of aromatic nitrogens is 3. The lowest BCUT2D eigenvalue weighted by Gasteiger charge is -2.21. The second kappa shape index (κ2) is 4.94. The van der Waals surface area contributed by atoms with Gasteiger partial charge in [-0.15, -0.1) is 16.7 Å². The third-order valence-electron chi connectivity index (χ3n) is 2.63. The highest BCUT2D eigenvalue weighted by Gasteiger charge is 2.15. The van der Waals surface area contributed by atoms with E-state index in [1.165, 1.54) is 12.8 Å². The van der Waals surface area contributed by atoms with Crippen LogP contribution in [0.15, 0.2) is 6.20 Å². The molecule has 0 aromatic carbocycles. The van der Waals surface area contributed by atoms with Gasteiger partial charge in [0.1, 0.15) is 5.69 Å². The van der Waals surface area contributed by atoms with Crippen molar-refractivity contribution in [3.8, 4) is 0 Å². The highest BCUT2D eigenvalue weighted by atomic mass is 35.5. The van der Waals surface area contributed by atoms with Crippen LogP contribution >= 0.6 is 11.6 Å². The first-order valence-corrected chi connectivity index (χ1v) is 5.85. The van der Waals surface area contributed by atoms with Gasteiger partial charge in [0.05, 0.1) is 24.2 Å². The molecule has 4 nitrogen and oxygen atoms in total. The summed E-state index contributed by atoms with van der Waals surface area (Å²) in [5.74, 6) is 0. The van der Waals surface area contributed by atoms with Crippen LogP contribution in [0.25, 0.3) is 0 Å². The number of alkyl halides is 1. The maximum absolute atomic E-state index is 5.91. The minimum Gasteiger partial charge on any atom is -0.376 e.